The molecule has 154 valence electrons. The third kappa shape index (κ3) is 2.99. The molecule has 0 aliphatic carbocycles. The quantitative estimate of drug-likeness (QED) is 0.756. The van der Waals surface area contributed by atoms with Gasteiger partial charge in [0.05, 0.1) is 6.04 Å². The summed E-state index contributed by atoms with van der Waals surface area (Å²) in [4.78, 5) is 25.2. The van der Waals surface area contributed by atoms with Gasteiger partial charge in [-0.25, -0.2) is 18.7 Å². The topological polar surface area (TPSA) is 82.4 Å². The van der Waals surface area contributed by atoms with Gasteiger partial charge in [-0.05, 0) is 30.5 Å². The van der Waals surface area contributed by atoms with Crippen LogP contribution < -0.4 is 4.90 Å². The minimum atomic E-state index is -0.920. The zero-order valence-corrected chi connectivity index (χ0v) is 16.1. The number of aromatic nitrogens is 2. The van der Waals surface area contributed by atoms with E-state index in [0.29, 0.717) is 55.8 Å². The number of fused-ring (bicyclic) bond motifs is 1. The van der Waals surface area contributed by atoms with E-state index in [1.54, 1.807) is 11.0 Å². The molecule has 3 aliphatic rings. The fourth-order valence-corrected chi connectivity index (χ4v) is 4.82. The van der Waals surface area contributed by atoms with Crippen LogP contribution >= 0.6 is 0 Å². The van der Waals surface area contributed by atoms with E-state index < -0.39 is 17.2 Å². The molecule has 1 spiro atoms. The van der Waals surface area contributed by atoms with E-state index >= 15 is 0 Å². The lowest BCUT2D eigenvalue weighted by Gasteiger charge is -2.38. The van der Waals surface area contributed by atoms with E-state index in [0.717, 1.165) is 6.07 Å². The minimum absolute atomic E-state index is 0.111. The van der Waals surface area contributed by atoms with Gasteiger partial charge in [0.15, 0.2) is 5.60 Å². The van der Waals surface area contributed by atoms with Crippen LogP contribution in [0, 0.1) is 23.0 Å². The maximum atomic E-state index is 13.7. The first-order chi connectivity index (χ1) is 14.5. The van der Waals surface area contributed by atoms with Crippen LogP contribution in [0.2, 0.25) is 0 Å². The van der Waals surface area contributed by atoms with Gasteiger partial charge in [0.2, 0.25) is 0 Å². The van der Waals surface area contributed by atoms with Gasteiger partial charge in [0.25, 0.3) is 5.91 Å². The van der Waals surface area contributed by atoms with Crippen molar-refractivity contribution in [2.75, 3.05) is 18.0 Å². The first-order valence-electron chi connectivity index (χ1n) is 9.93. The van der Waals surface area contributed by atoms with Crippen LogP contribution in [-0.4, -0.2) is 45.7 Å². The highest BCUT2D eigenvalue weighted by atomic mass is 19.1. The molecule has 7 nitrogen and oxygen atoms in total. The second-order valence-corrected chi connectivity index (χ2v) is 7.94. The molecular formula is C21H19F2N5O2. The first kappa shape index (κ1) is 18.9. The SMILES string of the molecule is N#Cc1cc(N2CCC3(CC2)O[C@@H]2CC[C@@H](c4cc(F)cc(F)c4)N2C3=O)ncn1. The number of amides is 1. The number of piperidine rings is 1. The Morgan fingerprint density at radius 3 is 2.53 bits per heavy atom. The van der Waals surface area contributed by atoms with E-state index in [1.165, 1.54) is 18.5 Å². The van der Waals surface area contributed by atoms with Crippen molar-refractivity contribution in [2.24, 2.45) is 0 Å². The fraction of sp³-hybridized carbons (Fsp3) is 0.429. The van der Waals surface area contributed by atoms with Gasteiger partial charge in [0.1, 0.15) is 41.8 Å². The molecule has 3 saturated heterocycles. The fourth-order valence-electron chi connectivity index (χ4n) is 4.82. The van der Waals surface area contributed by atoms with Crippen molar-refractivity contribution < 1.29 is 18.3 Å². The lowest BCUT2D eigenvalue weighted by molar-refractivity contribution is -0.140. The number of carbonyl (C=O) groups is 1. The number of nitrogens with zero attached hydrogens (tertiary/aromatic N) is 5. The van der Waals surface area contributed by atoms with Gasteiger partial charge in [0, 0.05) is 38.1 Å². The molecule has 4 heterocycles. The van der Waals surface area contributed by atoms with Crippen LogP contribution in [0.15, 0.2) is 30.6 Å². The lowest BCUT2D eigenvalue weighted by atomic mass is 9.89. The number of benzene rings is 1. The minimum Gasteiger partial charge on any atom is -0.356 e. The molecule has 0 bridgehead atoms. The third-order valence-electron chi connectivity index (χ3n) is 6.25. The zero-order valence-electron chi connectivity index (χ0n) is 16.1. The average molecular weight is 411 g/mol. The molecule has 3 aliphatic heterocycles. The number of nitriles is 1. The average Bonchev–Trinajstić information content (AvgIpc) is 3.26. The van der Waals surface area contributed by atoms with E-state index in [2.05, 4.69) is 9.97 Å². The standard InChI is InChI=1S/C21H19F2N5O2/c22-14-7-13(8-15(23)9-14)17-1-2-19-28(17)20(29)21(30-19)3-5-27(6-4-21)18-10-16(11-24)25-12-26-18/h7-10,12,17,19H,1-6H2/t17-,19+/m0/s1. The molecular weight excluding hydrogens is 392 g/mol. The number of hydrogen-bond donors (Lipinski definition) is 0. The van der Waals surface area contributed by atoms with Crippen molar-refractivity contribution >= 4 is 11.7 Å². The summed E-state index contributed by atoms with van der Waals surface area (Å²) in [6.07, 6.45) is 3.19. The van der Waals surface area contributed by atoms with Crippen molar-refractivity contribution in [2.45, 2.75) is 43.6 Å². The Kier molecular flexibility index (Phi) is 4.40. The predicted octanol–water partition coefficient (Wildman–Crippen LogP) is 2.69. The summed E-state index contributed by atoms with van der Waals surface area (Å²) in [5.74, 6) is -0.758. The molecule has 3 fully saturated rings. The zero-order chi connectivity index (χ0) is 20.9. The largest absolute Gasteiger partial charge is 0.356 e. The Morgan fingerprint density at radius 1 is 1.10 bits per heavy atom. The molecule has 30 heavy (non-hydrogen) atoms. The predicted molar refractivity (Wildman–Crippen MR) is 101 cm³/mol. The van der Waals surface area contributed by atoms with E-state index in [1.807, 2.05) is 11.0 Å². The maximum Gasteiger partial charge on any atom is 0.257 e. The van der Waals surface area contributed by atoms with Gasteiger partial charge < -0.3 is 14.5 Å². The normalized spacial score (nSPS) is 24.9. The van der Waals surface area contributed by atoms with Crippen LogP contribution in [0.5, 0.6) is 0 Å². The number of rotatable bonds is 2. The number of carbonyl (C=O) groups excluding carboxylic acids is 1. The molecule has 1 aromatic carbocycles. The maximum absolute atomic E-state index is 13.7. The summed E-state index contributed by atoms with van der Waals surface area (Å²) in [6.45, 7) is 1.10. The van der Waals surface area contributed by atoms with Crippen molar-refractivity contribution in [3.63, 3.8) is 0 Å². The number of ether oxygens (including phenoxy) is 1. The molecule has 0 radical (unpaired) electrons. The molecule has 0 saturated carbocycles. The van der Waals surface area contributed by atoms with Crippen LogP contribution in [0.4, 0.5) is 14.6 Å². The van der Waals surface area contributed by atoms with Gasteiger partial charge in [-0.2, -0.15) is 5.26 Å². The van der Waals surface area contributed by atoms with E-state index in [4.69, 9.17) is 10.00 Å². The second kappa shape index (κ2) is 6.99. The molecule has 2 aromatic rings. The lowest BCUT2D eigenvalue weighted by Crippen LogP contribution is -2.50. The summed E-state index contributed by atoms with van der Waals surface area (Å²) in [6, 6.07) is 6.66. The highest BCUT2D eigenvalue weighted by Crippen LogP contribution is 2.48. The molecule has 5 rings (SSSR count). The van der Waals surface area contributed by atoms with Gasteiger partial charge in [-0.15, -0.1) is 0 Å². The van der Waals surface area contributed by atoms with Crippen molar-refractivity contribution in [3.8, 4) is 6.07 Å². The highest BCUT2D eigenvalue weighted by Gasteiger charge is 2.58. The Bertz CT molecular complexity index is 1030. The Hall–Kier alpha value is -3.12. The van der Waals surface area contributed by atoms with Crippen LogP contribution in [0.3, 0.4) is 0 Å². The second-order valence-electron chi connectivity index (χ2n) is 7.94. The molecule has 1 aromatic heterocycles. The summed E-state index contributed by atoms with van der Waals surface area (Å²) in [5.41, 5.74) is -0.165. The summed E-state index contributed by atoms with van der Waals surface area (Å²) in [5, 5.41) is 9.03. The van der Waals surface area contributed by atoms with E-state index in [9.17, 15) is 13.6 Å². The van der Waals surface area contributed by atoms with Crippen molar-refractivity contribution in [1.82, 2.24) is 14.9 Å². The molecule has 0 unspecified atom stereocenters. The van der Waals surface area contributed by atoms with Gasteiger partial charge in [-0.3, -0.25) is 4.79 Å². The number of halogens is 2. The number of hydrogen-bond acceptors (Lipinski definition) is 6. The van der Waals surface area contributed by atoms with Crippen molar-refractivity contribution in [1.29, 1.82) is 5.26 Å². The molecule has 1 amide bonds. The smallest absolute Gasteiger partial charge is 0.257 e. The number of anilines is 1. The first-order valence-corrected chi connectivity index (χ1v) is 9.93. The molecule has 0 N–H and O–H groups in total. The van der Waals surface area contributed by atoms with Crippen molar-refractivity contribution in [3.05, 3.63) is 53.5 Å². The Morgan fingerprint density at radius 2 is 1.83 bits per heavy atom. The third-order valence-corrected chi connectivity index (χ3v) is 6.25. The Labute approximate surface area is 171 Å². The molecule has 9 heteroatoms. The van der Waals surface area contributed by atoms with Gasteiger partial charge >= 0.3 is 0 Å². The highest BCUT2D eigenvalue weighted by molar-refractivity contribution is 5.88. The van der Waals surface area contributed by atoms with Gasteiger partial charge in [-0.1, -0.05) is 0 Å². The molecule has 2 atom stereocenters. The Balaban J connectivity index is 1.34. The monoisotopic (exact) mass is 411 g/mol. The van der Waals surface area contributed by atoms with E-state index in [-0.39, 0.29) is 18.2 Å². The van der Waals surface area contributed by atoms with Crippen LogP contribution in [-0.2, 0) is 9.53 Å². The summed E-state index contributed by atoms with van der Waals surface area (Å²) in [7, 11) is 0. The summed E-state index contributed by atoms with van der Waals surface area (Å²) < 4.78 is 33.7. The summed E-state index contributed by atoms with van der Waals surface area (Å²) >= 11 is 0. The van der Waals surface area contributed by atoms with Crippen LogP contribution in [0.1, 0.15) is 43.0 Å². The van der Waals surface area contributed by atoms with Crippen LogP contribution in [0.25, 0.3) is 0 Å².